The molecule has 0 spiro atoms. The second kappa shape index (κ2) is 10.3. The topological polar surface area (TPSA) is 112 Å². The first-order valence-electron chi connectivity index (χ1n) is 11.6. The minimum atomic E-state index is -0.771. The summed E-state index contributed by atoms with van der Waals surface area (Å²) in [5, 5.41) is 15.9. The summed E-state index contributed by atoms with van der Waals surface area (Å²) in [7, 11) is 0. The molecule has 9 heteroatoms. The zero-order chi connectivity index (χ0) is 24.3. The smallest absolute Gasteiger partial charge is 0.246 e. The van der Waals surface area contributed by atoms with Crippen molar-refractivity contribution in [3.63, 3.8) is 0 Å². The molecular weight excluding hydrogens is 440 g/mol. The lowest BCUT2D eigenvalue weighted by Gasteiger charge is -2.35. The lowest BCUT2D eigenvalue weighted by Crippen LogP contribution is -2.57. The summed E-state index contributed by atoms with van der Waals surface area (Å²) in [6.07, 6.45) is 4.52. The normalized spacial score (nSPS) is 24.2. The van der Waals surface area contributed by atoms with E-state index in [1.165, 1.54) is 22.3 Å². The van der Waals surface area contributed by atoms with Gasteiger partial charge in [-0.15, -0.1) is 11.3 Å². The van der Waals surface area contributed by atoms with E-state index in [9.17, 15) is 19.5 Å². The van der Waals surface area contributed by atoms with E-state index in [1.54, 1.807) is 11.3 Å². The van der Waals surface area contributed by atoms with Crippen molar-refractivity contribution in [3.05, 3.63) is 22.2 Å². The molecule has 1 aromatic heterocycles. The van der Waals surface area contributed by atoms with Crippen LogP contribution in [0.4, 0.5) is 0 Å². The number of nitrogens with zero attached hydrogens (tertiary/aromatic N) is 2. The number of rotatable bonds is 6. The molecule has 0 saturated carbocycles. The Bertz CT molecular complexity index is 920. The minimum Gasteiger partial charge on any atom is -0.391 e. The van der Waals surface area contributed by atoms with Crippen molar-refractivity contribution in [3.8, 4) is 0 Å². The highest BCUT2D eigenvalue weighted by Gasteiger charge is 2.44. The summed E-state index contributed by atoms with van der Waals surface area (Å²) in [5.74, 6) is -0.548. The summed E-state index contributed by atoms with van der Waals surface area (Å²) in [5.41, 5.74) is 3.74. The summed E-state index contributed by atoms with van der Waals surface area (Å²) in [6.45, 7) is 9.62. The molecule has 2 aliphatic rings. The van der Waals surface area contributed by atoms with Gasteiger partial charge in [-0.2, -0.15) is 0 Å². The Morgan fingerprint density at radius 3 is 2.61 bits per heavy atom. The highest BCUT2D eigenvalue weighted by Crippen LogP contribution is 2.33. The number of thiazole rings is 1. The van der Waals surface area contributed by atoms with Crippen LogP contribution in [0.2, 0.25) is 0 Å². The maximum absolute atomic E-state index is 13.3. The van der Waals surface area contributed by atoms with Crippen LogP contribution in [0.5, 0.6) is 0 Å². The molecule has 3 N–H and O–H groups in total. The molecule has 8 nitrogen and oxygen atoms in total. The number of hydrogen-bond donors (Lipinski definition) is 3. The van der Waals surface area contributed by atoms with Gasteiger partial charge < -0.3 is 20.6 Å². The molecule has 33 heavy (non-hydrogen) atoms. The van der Waals surface area contributed by atoms with E-state index >= 15 is 0 Å². The number of nitrogens with one attached hydrogen (secondary N) is 2. The quantitative estimate of drug-likeness (QED) is 0.583. The monoisotopic (exact) mass is 476 g/mol. The number of carbonyl (C=O) groups excluding carboxylic acids is 3. The van der Waals surface area contributed by atoms with Gasteiger partial charge in [-0.1, -0.05) is 26.8 Å². The third-order valence-corrected chi connectivity index (χ3v) is 7.45. The average Bonchev–Trinajstić information content (AvgIpc) is 3.35. The summed E-state index contributed by atoms with van der Waals surface area (Å²) < 4.78 is 0. The number of β-amino-alcohol motifs (C(OH)–C–C–N with tert-alkyl or cyclic N) is 1. The SMILES string of the molecule is CC(=O)N[C@H](C(=O)N1C[C@H](O)C[C@H]1C(=O)NCC1CC=C(c2scnc2C)CC1)C(C)(C)C. The number of likely N-dealkylation sites (tertiary alicyclic amines) is 1. The number of aromatic nitrogens is 1. The molecule has 3 amide bonds. The molecule has 0 aromatic carbocycles. The fourth-order valence-corrected chi connectivity index (χ4v) is 5.45. The van der Waals surface area contributed by atoms with Crippen molar-refractivity contribution in [2.75, 3.05) is 13.1 Å². The number of aliphatic hydroxyl groups is 1. The van der Waals surface area contributed by atoms with E-state index in [4.69, 9.17) is 0 Å². The number of aliphatic hydroxyl groups excluding tert-OH is 1. The van der Waals surface area contributed by atoms with Gasteiger partial charge in [0.05, 0.1) is 22.2 Å². The molecule has 3 rings (SSSR count). The third kappa shape index (κ3) is 6.20. The van der Waals surface area contributed by atoms with Crippen LogP contribution in [0, 0.1) is 18.3 Å². The van der Waals surface area contributed by atoms with Crippen molar-refractivity contribution >= 4 is 34.6 Å². The fraction of sp³-hybridized carbons (Fsp3) is 0.667. The lowest BCUT2D eigenvalue weighted by atomic mass is 9.85. The van der Waals surface area contributed by atoms with Crippen molar-refractivity contribution in [2.24, 2.45) is 11.3 Å². The van der Waals surface area contributed by atoms with E-state index < -0.39 is 23.6 Å². The van der Waals surface area contributed by atoms with E-state index in [2.05, 4.69) is 21.7 Å². The number of carbonyl (C=O) groups is 3. The van der Waals surface area contributed by atoms with Crippen LogP contribution in [-0.4, -0.2) is 64.0 Å². The first kappa shape index (κ1) is 25.4. The minimum absolute atomic E-state index is 0.0901. The lowest BCUT2D eigenvalue weighted by molar-refractivity contribution is -0.143. The molecule has 1 aliphatic heterocycles. The van der Waals surface area contributed by atoms with E-state index in [1.807, 2.05) is 33.2 Å². The molecular formula is C24H36N4O4S. The molecule has 0 radical (unpaired) electrons. The van der Waals surface area contributed by atoms with Gasteiger partial charge in [0, 0.05) is 26.4 Å². The maximum atomic E-state index is 13.3. The Morgan fingerprint density at radius 1 is 1.33 bits per heavy atom. The molecule has 1 aliphatic carbocycles. The average molecular weight is 477 g/mol. The zero-order valence-corrected chi connectivity index (χ0v) is 21.0. The first-order valence-corrected chi connectivity index (χ1v) is 12.5. The first-order chi connectivity index (χ1) is 15.5. The van der Waals surface area contributed by atoms with Crippen LogP contribution in [0.15, 0.2) is 11.6 Å². The summed E-state index contributed by atoms with van der Waals surface area (Å²) in [4.78, 5) is 45.0. The molecule has 1 aromatic rings. The van der Waals surface area contributed by atoms with Gasteiger partial charge in [-0.25, -0.2) is 4.98 Å². The number of aryl methyl sites for hydroxylation is 1. The van der Waals surface area contributed by atoms with Crippen molar-refractivity contribution in [1.29, 1.82) is 0 Å². The third-order valence-electron chi connectivity index (χ3n) is 6.45. The highest BCUT2D eigenvalue weighted by molar-refractivity contribution is 7.10. The molecule has 182 valence electrons. The Kier molecular flexibility index (Phi) is 7.95. The molecule has 4 atom stereocenters. The van der Waals surface area contributed by atoms with Crippen LogP contribution in [0.1, 0.15) is 63.9 Å². The van der Waals surface area contributed by atoms with Gasteiger partial charge in [0.25, 0.3) is 0 Å². The largest absolute Gasteiger partial charge is 0.391 e. The summed E-state index contributed by atoms with van der Waals surface area (Å²) >= 11 is 1.67. The predicted molar refractivity (Wildman–Crippen MR) is 128 cm³/mol. The van der Waals surface area contributed by atoms with E-state index in [0.29, 0.717) is 12.5 Å². The van der Waals surface area contributed by atoms with Gasteiger partial charge in [0.1, 0.15) is 12.1 Å². The van der Waals surface area contributed by atoms with Gasteiger partial charge in [0.15, 0.2) is 0 Å². The van der Waals surface area contributed by atoms with Crippen LogP contribution in [-0.2, 0) is 14.4 Å². The van der Waals surface area contributed by atoms with Gasteiger partial charge in [0.2, 0.25) is 17.7 Å². The van der Waals surface area contributed by atoms with Crippen LogP contribution in [0.25, 0.3) is 5.57 Å². The Balaban J connectivity index is 1.60. The maximum Gasteiger partial charge on any atom is 0.246 e. The van der Waals surface area contributed by atoms with Crippen LogP contribution in [0.3, 0.4) is 0 Å². The summed E-state index contributed by atoms with van der Waals surface area (Å²) in [6, 6.07) is -1.51. The highest BCUT2D eigenvalue weighted by atomic mass is 32.1. The number of allylic oxidation sites excluding steroid dienone is 2. The van der Waals surface area contributed by atoms with Gasteiger partial charge in [-0.3, -0.25) is 14.4 Å². The number of amides is 3. The van der Waals surface area contributed by atoms with Gasteiger partial charge >= 0.3 is 0 Å². The fourth-order valence-electron chi connectivity index (χ4n) is 4.58. The molecule has 1 fully saturated rings. The zero-order valence-electron chi connectivity index (χ0n) is 20.2. The Hall–Kier alpha value is -2.26. The van der Waals surface area contributed by atoms with Crippen molar-refractivity contribution < 1.29 is 19.5 Å². The predicted octanol–water partition coefficient (Wildman–Crippen LogP) is 2.26. The Morgan fingerprint density at radius 2 is 2.06 bits per heavy atom. The molecule has 0 bridgehead atoms. The van der Waals surface area contributed by atoms with Crippen molar-refractivity contribution in [2.45, 2.75) is 78.5 Å². The van der Waals surface area contributed by atoms with Gasteiger partial charge in [-0.05, 0) is 43.1 Å². The molecule has 2 heterocycles. The standard InChI is InChI=1S/C24H36N4O4S/c1-14-20(33-13-26-14)17-8-6-16(7-9-17)11-25-22(31)19-10-18(30)12-28(19)23(32)21(24(3,4)5)27-15(2)29/h8,13,16,18-19,21,30H,6-7,9-12H2,1-5H3,(H,25,31)(H,27,29)/t16?,18-,19+,21-/m1/s1. The van der Waals surface area contributed by atoms with E-state index in [-0.39, 0.29) is 30.7 Å². The van der Waals surface area contributed by atoms with Crippen LogP contribution < -0.4 is 10.6 Å². The van der Waals surface area contributed by atoms with Crippen molar-refractivity contribution in [1.82, 2.24) is 20.5 Å². The Labute approximate surface area is 199 Å². The van der Waals surface area contributed by atoms with E-state index in [0.717, 1.165) is 25.0 Å². The molecule has 1 unspecified atom stereocenters. The molecule has 1 saturated heterocycles. The second-order valence-electron chi connectivity index (χ2n) is 10.3. The van der Waals surface area contributed by atoms with Crippen LogP contribution >= 0.6 is 11.3 Å². The number of hydrogen-bond acceptors (Lipinski definition) is 6. The second-order valence-corrected chi connectivity index (χ2v) is 11.1.